The molecule has 172 valence electrons. The first-order valence-corrected chi connectivity index (χ1v) is 14.2. The number of benzene rings is 4. The molecular formula is C28H24ClO3PS. The van der Waals surface area contributed by atoms with Gasteiger partial charge in [-0.25, -0.2) is 9.00 Å². The second-order valence-corrected chi connectivity index (χ2v) is 12.9. The molecule has 4 aromatic carbocycles. The van der Waals surface area contributed by atoms with Gasteiger partial charge < -0.3 is 4.74 Å². The molecule has 0 saturated carbocycles. The van der Waals surface area contributed by atoms with Gasteiger partial charge in [0.25, 0.3) is 0 Å². The minimum atomic E-state index is -2.87. The normalized spacial score (nSPS) is 12.1. The van der Waals surface area contributed by atoms with E-state index in [4.69, 9.17) is 16.3 Å². The molecule has 34 heavy (non-hydrogen) atoms. The number of halogens is 1. The van der Waals surface area contributed by atoms with Crippen LogP contribution in [0.4, 0.5) is 0 Å². The zero-order valence-corrected chi connectivity index (χ0v) is 21.1. The van der Waals surface area contributed by atoms with Crippen molar-refractivity contribution in [3.05, 3.63) is 120 Å². The third-order valence-corrected chi connectivity index (χ3v) is 12.2. The Balaban J connectivity index is 2.24. The summed E-state index contributed by atoms with van der Waals surface area (Å²) < 4.78 is 20.1. The molecule has 0 aliphatic carbocycles. The predicted octanol–water partition coefficient (Wildman–Crippen LogP) is 5.13. The molecule has 0 N–H and O–H groups in total. The molecule has 0 aliphatic rings. The van der Waals surface area contributed by atoms with Crippen molar-refractivity contribution in [2.24, 2.45) is 0 Å². The second kappa shape index (κ2) is 11.0. The maximum atomic E-state index is 14.3. The fourth-order valence-electron chi connectivity index (χ4n) is 3.95. The van der Waals surface area contributed by atoms with Gasteiger partial charge in [0.2, 0.25) is 0 Å². The molecule has 0 aliphatic heterocycles. The maximum Gasteiger partial charge on any atom is 0.348 e. The summed E-state index contributed by atoms with van der Waals surface area (Å²) in [5, 5.41) is 3.32. The summed E-state index contributed by atoms with van der Waals surface area (Å²) in [7, 11) is -1.80. The van der Waals surface area contributed by atoms with Crippen molar-refractivity contribution in [2.75, 3.05) is 6.61 Å². The van der Waals surface area contributed by atoms with Crippen molar-refractivity contribution in [2.45, 2.75) is 11.8 Å². The van der Waals surface area contributed by atoms with E-state index >= 15 is 0 Å². The van der Waals surface area contributed by atoms with Gasteiger partial charge in [-0.05, 0) is 47.1 Å². The molecule has 0 heterocycles. The third kappa shape index (κ3) is 4.67. The van der Waals surface area contributed by atoms with Crippen LogP contribution in [0.5, 0.6) is 0 Å². The van der Waals surface area contributed by atoms with Gasteiger partial charge in [0.05, 0.1) is 17.4 Å². The van der Waals surface area contributed by atoms with E-state index in [-0.39, 0.29) is 11.2 Å². The SMILES string of the molecule is CCOC(=O)C(S(=O)c1ccc(Cl)cc1)=P(c1ccccc1)(c1ccccc1)c1ccccc1. The Kier molecular flexibility index (Phi) is 7.84. The van der Waals surface area contributed by atoms with Gasteiger partial charge >= 0.3 is 5.97 Å². The summed E-state index contributed by atoms with van der Waals surface area (Å²) in [5.74, 6) is -0.555. The zero-order chi connectivity index (χ0) is 24.0. The molecule has 0 saturated heterocycles. The Morgan fingerprint density at radius 1 is 0.735 bits per heavy atom. The Labute approximate surface area is 207 Å². The molecule has 0 spiro atoms. The van der Waals surface area contributed by atoms with E-state index in [1.807, 2.05) is 91.0 Å². The van der Waals surface area contributed by atoms with Crippen LogP contribution in [0.15, 0.2) is 120 Å². The first-order chi connectivity index (χ1) is 16.6. The lowest BCUT2D eigenvalue weighted by molar-refractivity contribution is -0.134. The fourth-order valence-corrected chi connectivity index (χ4v) is 11.0. The zero-order valence-electron chi connectivity index (χ0n) is 18.6. The van der Waals surface area contributed by atoms with E-state index < -0.39 is 23.7 Å². The van der Waals surface area contributed by atoms with E-state index in [9.17, 15) is 9.00 Å². The molecule has 1 atom stereocenters. The van der Waals surface area contributed by atoms with E-state index in [1.54, 1.807) is 31.2 Å². The summed E-state index contributed by atoms with van der Waals surface area (Å²) in [5.41, 5.74) is 0. The number of hydrogen-bond donors (Lipinski definition) is 0. The molecular weight excluding hydrogens is 483 g/mol. The van der Waals surface area contributed by atoms with E-state index in [0.29, 0.717) is 9.92 Å². The monoisotopic (exact) mass is 506 g/mol. The molecule has 0 amide bonds. The van der Waals surface area contributed by atoms with Gasteiger partial charge in [-0.3, -0.25) is 0 Å². The Bertz CT molecular complexity index is 1240. The highest BCUT2D eigenvalue weighted by Gasteiger charge is 2.37. The van der Waals surface area contributed by atoms with Gasteiger partial charge in [0, 0.05) is 16.8 Å². The van der Waals surface area contributed by atoms with Crippen molar-refractivity contribution >= 4 is 55.8 Å². The van der Waals surface area contributed by atoms with Crippen LogP contribution in [-0.2, 0) is 20.3 Å². The molecule has 0 bridgehead atoms. The van der Waals surface area contributed by atoms with Crippen molar-refractivity contribution in [1.82, 2.24) is 0 Å². The summed E-state index contributed by atoms with van der Waals surface area (Å²) in [6.45, 7) is -0.936. The number of esters is 1. The van der Waals surface area contributed by atoms with Crippen LogP contribution in [0.3, 0.4) is 0 Å². The number of rotatable bonds is 7. The molecule has 4 aromatic rings. The molecule has 1 unspecified atom stereocenters. The molecule has 6 heteroatoms. The largest absolute Gasteiger partial charge is 0.462 e. The quantitative estimate of drug-likeness (QED) is 0.258. The smallest absolute Gasteiger partial charge is 0.348 e. The minimum Gasteiger partial charge on any atom is -0.462 e. The van der Waals surface area contributed by atoms with Crippen LogP contribution in [0.1, 0.15) is 6.92 Å². The van der Waals surface area contributed by atoms with Crippen LogP contribution >= 0.6 is 18.5 Å². The molecule has 0 radical (unpaired) electrons. The lowest BCUT2D eigenvalue weighted by atomic mass is 10.4. The average Bonchev–Trinajstić information content (AvgIpc) is 2.89. The van der Waals surface area contributed by atoms with Crippen LogP contribution in [0.2, 0.25) is 5.02 Å². The molecule has 3 nitrogen and oxygen atoms in total. The van der Waals surface area contributed by atoms with Gasteiger partial charge in [-0.15, -0.1) is 0 Å². The predicted molar refractivity (Wildman–Crippen MR) is 145 cm³/mol. The van der Waals surface area contributed by atoms with E-state index in [0.717, 1.165) is 15.9 Å². The van der Waals surface area contributed by atoms with Crippen molar-refractivity contribution in [3.8, 4) is 0 Å². The molecule has 4 rings (SSSR count). The van der Waals surface area contributed by atoms with Gasteiger partial charge in [-0.1, -0.05) is 103 Å². The van der Waals surface area contributed by atoms with Gasteiger partial charge in [-0.2, -0.15) is 0 Å². The number of hydrogen-bond acceptors (Lipinski definition) is 3. The van der Waals surface area contributed by atoms with Crippen molar-refractivity contribution in [1.29, 1.82) is 0 Å². The average molecular weight is 507 g/mol. The van der Waals surface area contributed by atoms with Gasteiger partial charge in [0.1, 0.15) is 4.63 Å². The van der Waals surface area contributed by atoms with Crippen molar-refractivity contribution in [3.63, 3.8) is 0 Å². The lowest BCUT2D eigenvalue weighted by Gasteiger charge is -2.31. The van der Waals surface area contributed by atoms with Crippen LogP contribution in [-0.4, -0.2) is 21.4 Å². The maximum absolute atomic E-state index is 14.3. The summed E-state index contributed by atoms with van der Waals surface area (Å²) in [6.07, 6.45) is 0. The highest BCUT2D eigenvalue weighted by Crippen LogP contribution is 2.47. The number of carbonyl (C=O) groups is 1. The molecule has 0 aromatic heterocycles. The van der Waals surface area contributed by atoms with Crippen LogP contribution < -0.4 is 15.9 Å². The number of carbonyl (C=O) groups excluding carboxylic acids is 1. The topological polar surface area (TPSA) is 43.4 Å². The Hall–Kier alpha value is -2.91. The molecule has 0 fully saturated rings. The Morgan fingerprint density at radius 3 is 1.53 bits per heavy atom. The van der Waals surface area contributed by atoms with Crippen LogP contribution in [0.25, 0.3) is 0 Å². The summed E-state index contributed by atoms with van der Waals surface area (Å²) >= 11 is 6.10. The lowest BCUT2D eigenvalue weighted by Crippen LogP contribution is -2.36. The van der Waals surface area contributed by atoms with Gasteiger partial charge in [0.15, 0.2) is 0 Å². The number of ether oxygens (including phenoxy) is 1. The standard InChI is InChI=1S/C28H24ClO3PS/c1-2-32-27(30)28(34(31)26-20-18-22(29)19-21-26)33(23-12-6-3-7-13-23,24-14-8-4-9-15-24)25-16-10-5-11-17-25/h3-21H,2H2,1H3. The highest BCUT2D eigenvalue weighted by molar-refractivity contribution is 8.18. The minimum absolute atomic E-state index is 0.179. The summed E-state index contributed by atoms with van der Waals surface area (Å²) in [4.78, 5) is 14.2. The highest BCUT2D eigenvalue weighted by atomic mass is 35.5. The van der Waals surface area contributed by atoms with Crippen LogP contribution in [0, 0.1) is 0 Å². The van der Waals surface area contributed by atoms with Crippen molar-refractivity contribution < 1.29 is 13.7 Å². The third-order valence-electron chi connectivity index (χ3n) is 5.39. The first kappa shape index (κ1) is 24.2. The second-order valence-electron chi connectivity index (χ2n) is 7.43. The Morgan fingerprint density at radius 2 is 1.15 bits per heavy atom. The summed E-state index contributed by atoms with van der Waals surface area (Å²) in [6, 6.07) is 36.3. The van der Waals surface area contributed by atoms with E-state index in [1.165, 1.54) is 0 Å². The first-order valence-electron chi connectivity index (χ1n) is 10.9. The fraction of sp³-hybridized carbons (Fsp3) is 0.0714. The van der Waals surface area contributed by atoms with E-state index in [2.05, 4.69) is 0 Å².